The molecule has 0 aliphatic carbocycles. The molecule has 3 aromatic heterocycles. The standard InChI is InChI=1S/C22H22N6O/c1-15-19(28-10-3-2-7-20(28)24-15)12-22(29)25-18-6-4-5-16(11-18)17-8-9-21-26-23-14-27(21)13-17/h2-7,10-11,14,17H,8-9,12-13H2,1H3,(H,25,29)/t17-/m1/s1. The summed E-state index contributed by atoms with van der Waals surface area (Å²) in [7, 11) is 0. The summed E-state index contributed by atoms with van der Waals surface area (Å²) in [6, 6.07) is 14.0. The number of anilines is 1. The van der Waals surface area contributed by atoms with Gasteiger partial charge in [0.05, 0.1) is 17.8 Å². The summed E-state index contributed by atoms with van der Waals surface area (Å²) in [6.07, 6.45) is 5.99. The van der Waals surface area contributed by atoms with Crippen molar-refractivity contribution in [3.8, 4) is 0 Å². The maximum absolute atomic E-state index is 12.7. The van der Waals surface area contributed by atoms with E-state index in [9.17, 15) is 4.79 Å². The lowest BCUT2D eigenvalue weighted by Crippen LogP contribution is -2.19. The Labute approximate surface area is 168 Å². The van der Waals surface area contributed by atoms with E-state index in [0.29, 0.717) is 5.92 Å². The van der Waals surface area contributed by atoms with E-state index in [0.717, 1.165) is 47.9 Å². The Balaban J connectivity index is 1.31. The van der Waals surface area contributed by atoms with Crippen molar-refractivity contribution in [1.82, 2.24) is 24.1 Å². The van der Waals surface area contributed by atoms with Crippen molar-refractivity contribution in [2.24, 2.45) is 0 Å². The maximum atomic E-state index is 12.7. The average Bonchev–Trinajstić information content (AvgIpc) is 3.32. The number of rotatable bonds is 4. The van der Waals surface area contributed by atoms with Crippen molar-refractivity contribution < 1.29 is 4.79 Å². The molecular weight excluding hydrogens is 364 g/mol. The zero-order valence-corrected chi connectivity index (χ0v) is 16.2. The molecule has 1 N–H and O–H groups in total. The third-order valence-electron chi connectivity index (χ3n) is 5.63. The molecule has 0 spiro atoms. The van der Waals surface area contributed by atoms with Crippen LogP contribution < -0.4 is 5.32 Å². The number of imidazole rings is 1. The summed E-state index contributed by atoms with van der Waals surface area (Å²) in [5, 5.41) is 11.2. The molecule has 4 heterocycles. The van der Waals surface area contributed by atoms with E-state index in [1.54, 1.807) is 6.33 Å². The molecule has 0 saturated heterocycles. The number of pyridine rings is 1. The molecule has 1 aliphatic rings. The summed E-state index contributed by atoms with van der Waals surface area (Å²) in [5.41, 5.74) is 4.72. The Hall–Kier alpha value is -3.48. The molecule has 1 aromatic carbocycles. The first-order valence-corrected chi connectivity index (χ1v) is 9.86. The first kappa shape index (κ1) is 17.6. The highest BCUT2D eigenvalue weighted by Gasteiger charge is 2.21. The van der Waals surface area contributed by atoms with Gasteiger partial charge < -0.3 is 14.3 Å². The predicted octanol–water partition coefficient (Wildman–Crippen LogP) is 3.15. The van der Waals surface area contributed by atoms with E-state index in [4.69, 9.17) is 0 Å². The van der Waals surface area contributed by atoms with Gasteiger partial charge in [-0.25, -0.2) is 4.98 Å². The Morgan fingerprint density at radius 3 is 3.10 bits per heavy atom. The maximum Gasteiger partial charge on any atom is 0.230 e. The van der Waals surface area contributed by atoms with Crippen molar-refractivity contribution in [2.75, 3.05) is 5.32 Å². The molecular formula is C22H22N6O. The minimum atomic E-state index is -0.0411. The van der Waals surface area contributed by atoms with Crippen molar-refractivity contribution in [1.29, 1.82) is 0 Å². The van der Waals surface area contributed by atoms with Crippen LogP contribution in [0.5, 0.6) is 0 Å². The molecule has 1 amide bonds. The van der Waals surface area contributed by atoms with Crippen LogP contribution in [0.2, 0.25) is 0 Å². The lowest BCUT2D eigenvalue weighted by atomic mass is 9.91. The van der Waals surface area contributed by atoms with Gasteiger partial charge in [-0.15, -0.1) is 10.2 Å². The van der Waals surface area contributed by atoms with Crippen LogP contribution in [-0.4, -0.2) is 30.1 Å². The monoisotopic (exact) mass is 386 g/mol. The van der Waals surface area contributed by atoms with E-state index in [1.807, 2.05) is 47.9 Å². The molecule has 29 heavy (non-hydrogen) atoms. The van der Waals surface area contributed by atoms with Crippen LogP contribution in [0.3, 0.4) is 0 Å². The van der Waals surface area contributed by atoms with Crippen molar-refractivity contribution in [2.45, 2.75) is 38.6 Å². The number of nitrogens with one attached hydrogen (secondary N) is 1. The molecule has 1 atom stereocenters. The summed E-state index contributed by atoms with van der Waals surface area (Å²) in [5.74, 6) is 1.41. The van der Waals surface area contributed by atoms with Gasteiger partial charge in [-0.05, 0) is 43.2 Å². The molecule has 0 radical (unpaired) electrons. The molecule has 7 nitrogen and oxygen atoms in total. The van der Waals surface area contributed by atoms with Crippen molar-refractivity contribution in [3.63, 3.8) is 0 Å². The highest BCUT2D eigenvalue weighted by atomic mass is 16.1. The summed E-state index contributed by atoms with van der Waals surface area (Å²) >= 11 is 0. The fraction of sp³-hybridized carbons (Fsp3) is 0.273. The van der Waals surface area contributed by atoms with E-state index in [1.165, 1.54) is 5.56 Å². The number of fused-ring (bicyclic) bond motifs is 2. The lowest BCUT2D eigenvalue weighted by molar-refractivity contribution is -0.115. The molecule has 0 saturated carbocycles. The quantitative estimate of drug-likeness (QED) is 0.585. The summed E-state index contributed by atoms with van der Waals surface area (Å²) in [6.45, 7) is 2.82. The number of amides is 1. The number of benzene rings is 1. The molecule has 0 unspecified atom stereocenters. The number of hydrogen-bond acceptors (Lipinski definition) is 4. The Morgan fingerprint density at radius 2 is 2.17 bits per heavy atom. The zero-order chi connectivity index (χ0) is 19.8. The van der Waals surface area contributed by atoms with Crippen LogP contribution >= 0.6 is 0 Å². The number of hydrogen-bond donors (Lipinski definition) is 1. The fourth-order valence-electron chi connectivity index (χ4n) is 4.13. The van der Waals surface area contributed by atoms with Crippen LogP contribution in [0.4, 0.5) is 5.69 Å². The number of aromatic nitrogens is 5. The molecule has 0 fully saturated rings. The van der Waals surface area contributed by atoms with Gasteiger partial charge in [0.15, 0.2) is 0 Å². The largest absolute Gasteiger partial charge is 0.326 e. The van der Waals surface area contributed by atoms with Crippen molar-refractivity contribution >= 4 is 17.2 Å². The van der Waals surface area contributed by atoms with E-state index in [-0.39, 0.29) is 12.3 Å². The minimum absolute atomic E-state index is 0.0411. The van der Waals surface area contributed by atoms with Gasteiger partial charge in [-0.3, -0.25) is 4.79 Å². The molecule has 1 aliphatic heterocycles. The van der Waals surface area contributed by atoms with Gasteiger partial charge in [-0.2, -0.15) is 0 Å². The Bertz CT molecular complexity index is 1190. The summed E-state index contributed by atoms with van der Waals surface area (Å²) in [4.78, 5) is 17.3. The Morgan fingerprint density at radius 1 is 1.24 bits per heavy atom. The van der Waals surface area contributed by atoms with Gasteiger partial charge >= 0.3 is 0 Å². The number of aryl methyl sites for hydroxylation is 2. The normalized spacial score (nSPS) is 16.0. The third kappa shape index (κ3) is 3.40. The number of carbonyl (C=O) groups excluding carboxylic acids is 1. The first-order valence-electron chi connectivity index (χ1n) is 9.86. The highest BCUT2D eigenvalue weighted by molar-refractivity contribution is 5.92. The second-order valence-corrected chi connectivity index (χ2v) is 7.56. The average molecular weight is 386 g/mol. The second-order valence-electron chi connectivity index (χ2n) is 7.56. The van der Waals surface area contributed by atoms with Crippen LogP contribution in [0.25, 0.3) is 5.65 Å². The molecule has 146 valence electrons. The molecule has 4 aromatic rings. The predicted molar refractivity (Wildman–Crippen MR) is 110 cm³/mol. The zero-order valence-electron chi connectivity index (χ0n) is 16.2. The van der Waals surface area contributed by atoms with Gasteiger partial charge in [0.2, 0.25) is 5.91 Å². The van der Waals surface area contributed by atoms with Crippen molar-refractivity contribution in [3.05, 3.63) is 77.8 Å². The van der Waals surface area contributed by atoms with Gasteiger partial charge in [0.1, 0.15) is 17.8 Å². The Kier molecular flexibility index (Phi) is 4.35. The molecule has 7 heteroatoms. The van der Waals surface area contributed by atoms with Gasteiger partial charge in [-0.1, -0.05) is 18.2 Å². The van der Waals surface area contributed by atoms with E-state index < -0.39 is 0 Å². The first-order chi connectivity index (χ1) is 14.2. The van der Waals surface area contributed by atoms with Gasteiger partial charge in [0, 0.05) is 30.8 Å². The number of carbonyl (C=O) groups is 1. The summed E-state index contributed by atoms with van der Waals surface area (Å²) < 4.78 is 4.09. The van der Waals surface area contributed by atoms with Gasteiger partial charge in [0.25, 0.3) is 0 Å². The lowest BCUT2D eigenvalue weighted by Gasteiger charge is -2.23. The highest BCUT2D eigenvalue weighted by Crippen LogP contribution is 2.29. The van der Waals surface area contributed by atoms with Crippen LogP contribution in [-0.2, 0) is 24.2 Å². The van der Waals surface area contributed by atoms with Crippen LogP contribution in [0.15, 0.2) is 55.0 Å². The molecule has 5 rings (SSSR count). The van der Waals surface area contributed by atoms with Crippen LogP contribution in [0.1, 0.15) is 35.1 Å². The SMILES string of the molecule is Cc1nc2ccccn2c1CC(=O)Nc1cccc([C@@H]2CCc3nncn3C2)c1. The smallest absolute Gasteiger partial charge is 0.230 e. The number of nitrogens with zero attached hydrogens (tertiary/aromatic N) is 5. The third-order valence-corrected chi connectivity index (χ3v) is 5.63. The van der Waals surface area contributed by atoms with E-state index >= 15 is 0 Å². The fourth-order valence-corrected chi connectivity index (χ4v) is 4.13. The second kappa shape index (κ2) is 7.16. The minimum Gasteiger partial charge on any atom is -0.326 e. The molecule has 0 bridgehead atoms. The van der Waals surface area contributed by atoms with Crippen LogP contribution in [0, 0.1) is 6.92 Å². The topological polar surface area (TPSA) is 77.1 Å². The van der Waals surface area contributed by atoms with E-state index in [2.05, 4.69) is 37.2 Å².